The normalized spacial score (nSPS) is 28.1. The van der Waals surface area contributed by atoms with Crippen molar-refractivity contribution in [2.45, 2.75) is 103 Å². The number of nitrogens with two attached hydrogens (primary N) is 1. The summed E-state index contributed by atoms with van der Waals surface area (Å²) in [6.45, 7) is 9.86. The van der Waals surface area contributed by atoms with Gasteiger partial charge in [0.05, 0.1) is 6.04 Å². The average Bonchev–Trinajstić information content (AvgIpc) is 3.49. The van der Waals surface area contributed by atoms with Crippen molar-refractivity contribution in [1.82, 2.24) is 15.5 Å². The van der Waals surface area contributed by atoms with Crippen LogP contribution in [-0.2, 0) is 23.9 Å². The van der Waals surface area contributed by atoms with Gasteiger partial charge in [-0.15, -0.1) is 0 Å². The Labute approximate surface area is 218 Å². The predicted molar refractivity (Wildman–Crippen MR) is 135 cm³/mol. The van der Waals surface area contributed by atoms with Gasteiger partial charge in [-0.05, 0) is 69.1 Å². The highest BCUT2D eigenvalue weighted by Gasteiger charge is 2.69. The van der Waals surface area contributed by atoms with Crippen molar-refractivity contribution in [2.24, 2.45) is 34.8 Å². The fourth-order valence-electron chi connectivity index (χ4n) is 6.45. The molecule has 4 N–H and O–H groups in total. The first kappa shape index (κ1) is 27.4. The predicted octanol–water partition coefficient (Wildman–Crippen LogP) is 1.89. The summed E-state index contributed by atoms with van der Waals surface area (Å²) in [6, 6.07) is -2.55. The Morgan fingerprint density at radius 1 is 1.03 bits per heavy atom. The first-order chi connectivity index (χ1) is 17.2. The molecule has 3 aliphatic carbocycles. The lowest BCUT2D eigenvalue weighted by Crippen LogP contribution is -2.59. The second-order valence-corrected chi connectivity index (χ2v) is 13.0. The lowest BCUT2D eigenvalue weighted by molar-refractivity contribution is -0.144. The van der Waals surface area contributed by atoms with E-state index in [2.05, 4.69) is 24.5 Å². The number of nitrogens with one attached hydrogen (secondary N) is 2. The smallest absolute Gasteiger partial charge is 0.408 e. The molecule has 0 aromatic rings. The molecule has 0 spiro atoms. The van der Waals surface area contributed by atoms with Crippen LogP contribution in [-0.4, -0.2) is 64.8 Å². The molecule has 5 atom stereocenters. The zero-order valence-electron chi connectivity index (χ0n) is 22.7. The topological polar surface area (TPSA) is 148 Å². The molecule has 10 nitrogen and oxygen atoms in total. The van der Waals surface area contributed by atoms with Crippen LogP contribution in [0.1, 0.15) is 79.6 Å². The number of hydrogen-bond acceptors (Lipinski definition) is 6. The van der Waals surface area contributed by atoms with Gasteiger partial charge in [-0.3, -0.25) is 19.2 Å². The van der Waals surface area contributed by atoms with Crippen LogP contribution < -0.4 is 16.4 Å². The lowest BCUT2D eigenvalue weighted by atomic mass is 9.94. The molecular formula is C27H42N4O6. The molecular weight excluding hydrogens is 476 g/mol. The van der Waals surface area contributed by atoms with Gasteiger partial charge >= 0.3 is 6.09 Å². The minimum atomic E-state index is -1.07. The largest absolute Gasteiger partial charge is 0.444 e. The Morgan fingerprint density at radius 3 is 2.19 bits per heavy atom. The SMILES string of the molecule is CC(C)(C)OC(=O)N[C@H](C(=O)N1C[C@H]2[C@@H]([C@H]1C(=O)NC(CC1CC1)C(=O)C(N)=O)C2(C)C)C1CCCC1. The number of ether oxygens (including phenoxy) is 1. The summed E-state index contributed by atoms with van der Waals surface area (Å²) < 4.78 is 5.44. The summed E-state index contributed by atoms with van der Waals surface area (Å²) in [4.78, 5) is 66.0. The van der Waals surface area contributed by atoms with Crippen molar-refractivity contribution >= 4 is 29.6 Å². The molecule has 1 aliphatic heterocycles. The van der Waals surface area contributed by atoms with Crippen LogP contribution in [0.15, 0.2) is 0 Å². The summed E-state index contributed by atoms with van der Waals surface area (Å²) in [5.41, 5.74) is 4.42. The van der Waals surface area contributed by atoms with Crippen LogP contribution >= 0.6 is 0 Å². The molecule has 3 saturated carbocycles. The van der Waals surface area contributed by atoms with Gasteiger partial charge in [0.25, 0.3) is 5.91 Å². The molecule has 4 aliphatic rings. The van der Waals surface area contributed by atoms with Gasteiger partial charge in [0.2, 0.25) is 17.6 Å². The lowest BCUT2D eigenvalue weighted by Gasteiger charge is -2.35. The van der Waals surface area contributed by atoms with E-state index in [0.717, 1.165) is 38.5 Å². The molecule has 4 rings (SSSR count). The number of hydrogen-bond donors (Lipinski definition) is 3. The third kappa shape index (κ3) is 5.93. The second-order valence-electron chi connectivity index (χ2n) is 13.0. The third-order valence-electron chi connectivity index (χ3n) is 8.71. The Bertz CT molecular complexity index is 962. The quantitative estimate of drug-likeness (QED) is 0.397. The van der Waals surface area contributed by atoms with Crippen molar-refractivity contribution < 1.29 is 28.7 Å². The minimum Gasteiger partial charge on any atom is -0.444 e. The maximum absolute atomic E-state index is 14.0. The molecule has 0 aromatic heterocycles. The number of alkyl carbamates (subject to hydrolysis) is 1. The fraction of sp³-hybridized carbons (Fsp3) is 0.815. The van der Waals surface area contributed by atoms with Crippen LogP contribution in [0, 0.1) is 29.1 Å². The number of rotatable bonds is 9. The highest BCUT2D eigenvalue weighted by atomic mass is 16.6. The fourth-order valence-corrected chi connectivity index (χ4v) is 6.45. The standard InChI is InChI=1S/C27H42N4O6/c1-26(2,3)37-25(36)30-19(15-8-6-7-9-15)24(35)31-13-16-18(27(16,4)5)20(31)23(34)29-17(12-14-10-11-14)21(32)22(28)33/h14-20H,6-13H2,1-5H3,(H2,28,33)(H,29,34)(H,30,36)/t16-,17?,18-,19-,20-/m0/s1. The van der Waals surface area contributed by atoms with E-state index in [1.165, 1.54) is 0 Å². The number of amides is 4. The van der Waals surface area contributed by atoms with Crippen LogP contribution in [0.5, 0.6) is 0 Å². The van der Waals surface area contributed by atoms with E-state index in [-0.39, 0.29) is 35.0 Å². The molecule has 206 valence electrons. The highest BCUT2D eigenvalue weighted by molar-refractivity contribution is 6.37. The molecule has 10 heteroatoms. The van der Waals surface area contributed by atoms with Crippen molar-refractivity contribution in [3.8, 4) is 0 Å². The Morgan fingerprint density at radius 2 is 1.65 bits per heavy atom. The Balaban J connectivity index is 1.54. The number of Topliss-reactive ketones (excluding diaryl/α,β-unsaturated/α-hetero) is 1. The van der Waals surface area contributed by atoms with Gasteiger partial charge < -0.3 is 26.0 Å². The molecule has 0 radical (unpaired) electrons. The Kier molecular flexibility index (Phi) is 7.33. The highest BCUT2D eigenvalue weighted by Crippen LogP contribution is 2.65. The van der Waals surface area contributed by atoms with Gasteiger partial charge in [0.1, 0.15) is 17.7 Å². The van der Waals surface area contributed by atoms with Crippen LogP contribution in [0.25, 0.3) is 0 Å². The summed E-state index contributed by atoms with van der Waals surface area (Å²) in [5, 5.41) is 5.59. The first-order valence-corrected chi connectivity index (χ1v) is 13.6. The number of fused-ring (bicyclic) bond motifs is 1. The maximum Gasteiger partial charge on any atom is 0.408 e. The number of carbonyl (C=O) groups excluding carboxylic acids is 5. The number of carbonyl (C=O) groups is 5. The van der Waals surface area contributed by atoms with E-state index >= 15 is 0 Å². The van der Waals surface area contributed by atoms with Gasteiger partial charge in [-0.2, -0.15) is 0 Å². The molecule has 0 bridgehead atoms. The molecule has 1 heterocycles. The average molecular weight is 519 g/mol. The number of nitrogens with zero attached hydrogens (tertiary/aromatic N) is 1. The zero-order chi connectivity index (χ0) is 27.3. The third-order valence-corrected chi connectivity index (χ3v) is 8.71. The van der Waals surface area contributed by atoms with Gasteiger partial charge in [0, 0.05) is 6.54 Å². The van der Waals surface area contributed by atoms with E-state index in [1.54, 1.807) is 25.7 Å². The number of ketones is 1. The van der Waals surface area contributed by atoms with E-state index in [4.69, 9.17) is 10.5 Å². The number of likely N-dealkylation sites (tertiary alicyclic amines) is 1. The van der Waals surface area contributed by atoms with E-state index in [9.17, 15) is 24.0 Å². The van der Waals surface area contributed by atoms with Crippen LogP contribution in [0.2, 0.25) is 0 Å². The summed E-state index contributed by atoms with van der Waals surface area (Å²) in [6.07, 6.45) is 5.19. The molecule has 0 aromatic carbocycles. The van der Waals surface area contributed by atoms with Gasteiger partial charge in [-0.25, -0.2) is 4.79 Å². The van der Waals surface area contributed by atoms with Crippen LogP contribution in [0.3, 0.4) is 0 Å². The Hall–Kier alpha value is -2.65. The zero-order valence-corrected chi connectivity index (χ0v) is 22.7. The second kappa shape index (κ2) is 9.91. The van der Waals surface area contributed by atoms with Crippen molar-refractivity contribution in [3.63, 3.8) is 0 Å². The molecule has 1 unspecified atom stereocenters. The molecule has 4 amide bonds. The first-order valence-electron chi connectivity index (χ1n) is 13.6. The summed E-state index contributed by atoms with van der Waals surface area (Å²) in [5.74, 6) is -2.28. The number of piperidine rings is 1. The van der Waals surface area contributed by atoms with Gasteiger partial charge in [-0.1, -0.05) is 39.5 Å². The maximum atomic E-state index is 14.0. The summed E-state index contributed by atoms with van der Waals surface area (Å²) >= 11 is 0. The molecule has 37 heavy (non-hydrogen) atoms. The number of primary amides is 1. The molecule has 1 saturated heterocycles. The van der Waals surface area contributed by atoms with Gasteiger partial charge in [0.15, 0.2) is 0 Å². The van der Waals surface area contributed by atoms with E-state index < -0.39 is 47.4 Å². The molecule has 4 fully saturated rings. The van der Waals surface area contributed by atoms with E-state index in [1.807, 2.05) is 0 Å². The van der Waals surface area contributed by atoms with Crippen LogP contribution in [0.4, 0.5) is 4.79 Å². The van der Waals surface area contributed by atoms with Crippen molar-refractivity contribution in [1.29, 1.82) is 0 Å². The van der Waals surface area contributed by atoms with E-state index in [0.29, 0.717) is 13.0 Å². The summed E-state index contributed by atoms with van der Waals surface area (Å²) in [7, 11) is 0. The monoisotopic (exact) mass is 518 g/mol. The minimum absolute atomic E-state index is 0.0345. The van der Waals surface area contributed by atoms with Crippen molar-refractivity contribution in [3.05, 3.63) is 0 Å². The van der Waals surface area contributed by atoms with Crippen molar-refractivity contribution in [2.75, 3.05) is 6.54 Å².